The van der Waals surface area contributed by atoms with E-state index in [1.807, 2.05) is 0 Å². The highest BCUT2D eigenvalue weighted by Gasteiger charge is 2.39. The van der Waals surface area contributed by atoms with Gasteiger partial charge >= 0.3 is 6.18 Å². The summed E-state index contributed by atoms with van der Waals surface area (Å²) >= 11 is 0. The van der Waals surface area contributed by atoms with Crippen LogP contribution in [0, 0.1) is 0 Å². The van der Waals surface area contributed by atoms with E-state index in [1.165, 1.54) is 6.07 Å². The average Bonchev–Trinajstić information content (AvgIpc) is 2.07. The van der Waals surface area contributed by atoms with Crippen molar-refractivity contribution in [1.82, 2.24) is 0 Å². The van der Waals surface area contributed by atoms with Crippen LogP contribution in [0.5, 0.6) is 11.5 Å². The Labute approximate surface area is 89.7 Å². The van der Waals surface area contributed by atoms with Crippen LogP contribution in [0.4, 0.5) is 13.2 Å². The van der Waals surface area contributed by atoms with Gasteiger partial charge in [0.2, 0.25) is 0 Å². The van der Waals surface area contributed by atoms with Crippen LogP contribution in [0.1, 0.15) is 11.6 Å². The molecule has 0 bridgehead atoms. The van der Waals surface area contributed by atoms with Crippen LogP contribution < -0.4 is 5.73 Å². The lowest BCUT2D eigenvalue weighted by atomic mass is 10.1. The molecule has 0 aliphatic carbocycles. The molecule has 4 N–H and O–H groups in total. The van der Waals surface area contributed by atoms with Crippen LogP contribution in [0.3, 0.4) is 0 Å². The Morgan fingerprint density at radius 2 is 1.73 bits per heavy atom. The molecule has 86 valence electrons. The van der Waals surface area contributed by atoms with Crippen LogP contribution in [0.15, 0.2) is 18.2 Å². The molecule has 3 nitrogen and oxygen atoms in total. The second kappa shape index (κ2) is 4.59. The summed E-state index contributed by atoms with van der Waals surface area (Å²) in [6.45, 7) is 0. The van der Waals surface area contributed by atoms with Gasteiger partial charge in [0, 0.05) is 5.56 Å². The van der Waals surface area contributed by atoms with Gasteiger partial charge in [0.1, 0.15) is 6.04 Å². The minimum atomic E-state index is -4.65. The SMILES string of the molecule is Cl.N[C@H](c1cccc(O)c1O)C(F)(F)F. The molecule has 1 rings (SSSR count). The van der Waals surface area contributed by atoms with Crippen molar-refractivity contribution in [2.24, 2.45) is 5.73 Å². The van der Waals surface area contributed by atoms with Crippen molar-refractivity contribution >= 4 is 12.4 Å². The third kappa shape index (κ3) is 2.90. The number of halogens is 4. The van der Waals surface area contributed by atoms with Crippen LogP contribution in [0.2, 0.25) is 0 Å². The zero-order valence-corrected chi connectivity index (χ0v) is 8.14. The van der Waals surface area contributed by atoms with Gasteiger partial charge in [-0.25, -0.2) is 0 Å². The van der Waals surface area contributed by atoms with Crippen molar-refractivity contribution in [2.75, 3.05) is 0 Å². The van der Waals surface area contributed by atoms with E-state index in [0.29, 0.717) is 0 Å². The highest BCUT2D eigenvalue weighted by atomic mass is 35.5. The highest BCUT2D eigenvalue weighted by molar-refractivity contribution is 5.85. The number of alkyl halides is 3. The monoisotopic (exact) mass is 243 g/mol. The third-order valence-corrected chi connectivity index (χ3v) is 1.73. The molecular weight excluding hydrogens is 235 g/mol. The summed E-state index contributed by atoms with van der Waals surface area (Å²) < 4.78 is 36.4. The van der Waals surface area contributed by atoms with E-state index in [1.54, 1.807) is 0 Å². The fourth-order valence-electron chi connectivity index (χ4n) is 0.976. The molecule has 1 aromatic rings. The normalized spacial score (nSPS) is 13.1. The van der Waals surface area contributed by atoms with Gasteiger partial charge in [0.25, 0.3) is 0 Å². The fraction of sp³-hybridized carbons (Fsp3) is 0.250. The van der Waals surface area contributed by atoms with Gasteiger partial charge < -0.3 is 15.9 Å². The van der Waals surface area contributed by atoms with Gasteiger partial charge in [-0.05, 0) is 6.07 Å². The van der Waals surface area contributed by atoms with Crippen molar-refractivity contribution in [1.29, 1.82) is 0 Å². The number of benzene rings is 1. The molecule has 15 heavy (non-hydrogen) atoms. The minimum Gasteiger partial charge on any atom is -0.504 e. The molecule has 0 aliphatic heterocycles. The number of phenols is 2. The summed E-state index contributed by atoms with van der Waals surface area (Å²) in [5.41, 5.74) is 4.30. The topological polar surface area (TPSA) is 66.5 Å². The Morgan fingerprint density at radius 1 is 1.20 bits per heavy atom. The van der Waals surface area contributed by atoms with E-state index in [2.05, 4.69) is 0 Å². The Balaban J connectivity index is 0.00000196. The van der Waals surface area contributed by atoms with Crippen molar-refractivity contribution in [3.63, 3.8) is 0 Å². The predicted octanol–water partition coefficient (Wildman–Crippen LogP) is 2.08. The van der Waals surface area contributed by atoms with Gasteiger partial charge in [-0.2, -0.15) is 13.2 Å². The van der Waals surface area contributed by atoms with Gasteiger partial charge in [-0.15, -0.1) is 12.4 Å². The number of para-hydroxylation sites is 1. The van der Waals surface area contributed by atoms with E-state index >= 15 is 0 Å². The predicted molar refractivity (Wildman–Crippen MR) is 50.0 cm³/mol. The number of rotatable bonds is 1. The summed E-state index contributed by atoms with van der Waals surface area (Å²) in [7, 11) is 0. The van der Waals surface area contributed by atoms with Crippen LogP contribution in [-0.4, -0.2) is 16.4 Å². The lowest BCUT2D eigenvalue weighted by Gasteiger charge is -2.17. The Morgan fingerprint density at radius 3 is 2.20 bits per heavy atom. The van der Waals surface area contributed by atoms with E-state index < -0.39 is 29.3 Å². The quantitative estimate of drug-likeness (QED) is 0.662. The molecule has 0 saturated heterocycles. The number of nitrogens with two attached hydrogens (primary N) is 1. The number of aromatic hydroxyl groups is 2. The molecule has 0 aliphatic rings. The maximum absolute atomic E-state index is 12.1. The highest BCUT2D eigenvalue weighted by Crippen LogP contribution is 2.38. The van der Waals surface area contributed by atoms with Gasteiger partial charge in [-0.3, -0.25) is 0 Å². The summed E-state index contributed by atoms with van der Waals surface area (Å²) in [4.78, 5) is 0. The van der Waals surface area contributed by atoms with Gasteiger partial charge in [0.05, 0.1) is 0 Å². The van der Waals surface area contributed by atoms with Gasteiger partial charge in [0.15, 0.2) is 11.5 Å². The maximum atomic E-state index is 12.1. The molecule has 1 aromatic carbocycles. The van der Waals surface area contributed by atoms with E-state index in [4.69, 9.17) is 15.9 Å². The standard InChI is InChI=1S/C8H8F3NO2.ClH/c9-8(10,11)7(12)4-2-1-3-5(13)6(4)14;/h1-3,7,13-14H,12H2;1H/t7-;/m1./s1. The second-order valence-corrected chi connectivity index (χ2v) is 2.73. The van der Waals surface area contributed by atoms with E-state index in [0.717, 1.165) is 12.1 Å². The molecule has 0 aromatic heterocycles. The summed E-state index contributed by atoms with van der Waals surface area (Å²) in [6, 6.07) is 0.958. The van der Waals surface area contributed by atoms with Crippen molar-refractivity contribution in [2.45, 2.75) is 12.2 Å². The maximum Gasteiger partial charge on any atom is 0.407 e. The molecule has 0 heterocycles. The van der Waals surface area contributed by atoms with Crippen molar-refractivity contribution in [3.05, 3.63) is 23.8 Å². The molecule has 0 unspecified atom stereocenters. The number of hydrogen-bond donors (Lipinski definition) is 3. The summed E-state index contributed by atoms with van der Waals surface area (Å²) in [5.74, 6) is -1.46. The number of phenolic OH excluding ortho intramolecular Hbond substituents is 2. The number of hydrogen-bond acceptors (Lipinski definition) is 3. The second-order valence-electron chi connectivity index (χ2n) is 2.73. The molecular formula is C8H9ClF3NO2. The first-order chi connectivity index (χ1) is 6.34. The first kappa shape index (κ1) is 13.9. The zero-order valence-electron chi connectivity index (χ0n) is 7.32. The van der Waals surface area contributed by atoms with E-state index in [9.17, 15) is 13.2 Å². The lowest BCUT2D eigenvalue weighted by molar-refractivity contribution is -0.149. The summed E-state index contributed by atoms with van der Waals surface area (Å²) in [5, 5.41) is 18.0. The van der Waals surface area contributed by atoms with Crippen molar-refractivity contribution < 1.29 is 23.4 Å². The first-order valence-corrected chi connectivity index (χ1v) is 3.67. The molecule has 0 amide bonds. The fourth-order valence-corrected chi connectivity index (χ4v) is 0.976. The Hall–Kier alpha value is -1.14. The smallest absolute Gasteiger partial charge is 0.407 e. The van der Waals surface area contributed by atoms with Crippen LogP contribution in [-0.2, 0) is 0 Å². The lowest BCUT2D eigenvalue weighted by Crippen LogP contribution is -2.28. The molecule has 0 saturated carbocycles. The average molecular weight is 244 g/mol. The van der Waals surface area contributed by atoms with Crippen molar-refractivity contribution in [3.8, 4) is 11.5 Å². The van der Waals surface area contributed by atoms with Crippen LogP contribution in [0.25, 0.3) is 0 Å². The largest absolute Gasteiger partial charge is 0.504 e. The molecule has 7 heteroatoms. The molecule has 0 spiro atoms. The van der Waals surface area contributed by atoms with Crippen LogP contribution >= 0.6 is 12.4 Å². The van der Waals surface area contributed by atoms with Gasteiger partial charge in [-0.1, -0.05) is 12.1 Å². The molecule has 0 radical (unpaired) electrons. The zero-order chi connectivity index (χ0) is 10.9. The third-order valence-electron chi connectivity index (χ3n) is 1.73. The Kier molecular flexibility index (Phi) is 4.24. The summed E-state index contributed by atoms with van der Waals surface area (Å²) in [6.07, 6.45) is -4.65. The minimum absolute atomic E-state index is 0. The molecule has 0 fully saturated rings. The Bertz CT molecular complexity index is 343. The van der Waals surface area contributed by atoms with E-state index in [-0.39, 0.29) is 12.4 Å². The molecule has 1 atom stereocenters. The first-order valence-electron chi connectivity index (χ1n) is 3.67.